The molecule has 0 spiro atoms. The Bertz CT molecular complexity index is 3290. The Kier molecular flexibility index (Phi) is 8.38. The summed E-state index contributed by atoms with van der Waals surface area (Å²) in [4.78, 5) is 15.9. The minimum atomic E-state index is 0.495. The van der Waals surface area contributed by atoms with Crippen molar-refractivity contribution in [3.05, 3.63) is 180 Å². The number of hydrogen-bond acceptors (Lipinski definition) is 8. The van der Waals surface area contributed by atoms with Crippen LogP contribution in [0.3, 0.4) is 0 Å². The summed E-state index contributed by atoms with van der Waals surface area (Å²) in [6.45, 7) is 2.10. The molecule has 57 heavy (non-hydrogen) atoms. The topological polar surface area (TPSA) is 115 Å². The van der Waals surface area contributed by atoms with E-state index in [4.69, 9.17) is 34.9 Å². The Morgan fingerprint density at radius 2 is 1.11 bits per heavy atom. The van der Waals surface area contributed by atoms with Crippen LogP contribution in [0.2, 0.25) is 0 Å². The molecule has 0 aliphatic heterocycles. The maximum absolute atomic E-state index is 8.27. The van der Waals surface area contributed by atoms with E-state index in [2.05, 4.69) is 31.2 Å². The third-order valence-electron chi connectivity index (χ3n) is 10.2. The van der Waals surface area contributed by atoms with Crippen LogP contribution in [0.4, 0.5) is 5.69 Å². The number of rotatable bonds is 5. The van der Waals surface area contributed by atoms with Gasteiger partial charge in [0.1, 0.15) is 22.3 Å². The van der Waals surface area contributed by atoms with Gasteiger partial charge in [-0.05, 0) is 42.8 Å². The van der Waals surface area contributed by atoms with Crippen molar-refractivity contribution in [1.82, 2.24) is 15.0 Å². The van der Waals surface area contributed by atoms with Gasteiger partial charge < -0.3 is 14.6 Å². The van der Waals surface area contributed by atoms with Crippen molar-refractivity contribution in [2.24, 2.45) is 0 Å². The molecule has 0 bridgehead atoms. The second-order valence-corrected chi connectivity index (χ2v) is 14.8. The fourth-order valence-corrected chi connectivity index (χ4v) is 8.56. The molecule has 0 saturated heterocycles. The third-order valence-corrected chi connectivity index (χ3v) is 11.4. The number of aromatic nitrogens is 3. The Labute approximate surface area is 331 Å². The normalized spacial score (nSPS) is 11.4. The van der Waals surface area contributed by atoms with Gasteiger partial charge in [0.2, 0.25) is 0 Å². The standard InChI is InChI=1S/C34H21N3O2.C15H12N2S/c1-20-10-7-18-27-29(20)30-24(15-9-19-28(30)38-27)33-35-32(21-11-3-2-4-12-21)36-34(37-33)25-16-8-14-23-22-13-5-6-17-26(22)39-31(23)25;16-13(10-6-2-1-3-7-10)15-14(17)11-8-4-5-9-12(11)18-15/h2-19H,1H3;1-9,16H,17H2. The van der Waals surface area contributed by atoms with Crippen LogP contribution in [0.1, 0.15) is 16.0 Å². The fourth-order valence-electron chi connectivity index (χ4n) is 7.47. The molecule has 4 heterocycles. The summed E-state index contributed by atoms with van der Waals surface area (Å²) in [5.41, 5.74) is 15.3. The highest BCUT2D eigenvalue weighted by Gasteiger charge is 2.21. The number of nitrogens with one attached hydrogen (secondary N) is 1. The number of nitrogen functional groups attached to an aromatic ring is 1. The number of thiophene rings is 1. The Morgan fingerprint density at radius 1 is 0.526 bits per heavy atom. The van der Waals surface area contributed by atoms with Gasteiger partial charge in [0, 0.05) is 48.3 Å². The Hall–Kier alpha value is -7.42. The molecule has 3 N–H and O–H groups in total. The molecule has 0 saturated carbocycles. The van der Waals surface area contributed by atoms with Gasteiger partial charge >= 0.3 is 0 Å². The van der Waals surface area contributed by atoms with E-state index >= 15 is 0 Å². The molecule has 0 fully saturated rings. The van der Waals surface area contributed by atoms with Gasteiger partial charge in [0.05, 0.1) is 21.8 Å². The van der Waals surface area contributed by atoms with E-state index < -0.39 is 0 Å². The summed E-state index contributed by atoms with van der Waals surface area (Å²) in [5.74, 6) is 1.75. The smallest absolute Gasteiger partial charge is 0.167 e. The summed E-state index contributed by atoms with van der Waals surface area (Å²) in [7, 11) is 0. The van der Waals surface area contributed by atoms with E-state index in [1.807, 2.05) is 140 Å². The zero-order chi connectivity index (χ0) is 38.5. The second-order valence-electron chi connectivity index (χ2n) is 13.8. The van der Waals surface area contributed by atoms with Crippen LogP contribution in [0.5, 0.6) is 0 Å². The van der Waals surface area contributed by atoms with Crippen LogP contribution in [0.15, 0.2) is 173 Å². The van der Waals surface area contributed by atoms with Gasteiger partial charge in [-0.1, -0.05) is 133 Å². The summed E-state index contributed by atoms with van der Waals surface area (Å²) < 4.78 is 13.7. The Morgan fingerprint density at radius 3 is 1.89 bits per heavy atom. The predicted octanol–water partition coefficient (Wildman–Crippen LogP) is 12.9. The zero-order valence-corrected chi connectivity index (χ0v) is 31.5. The van der Waals surface area contributed by atoms with E-state index in [0.29, 0.717) is 28.9 Å². The highest BCUT2D eigenvalue weighted by molar-refractivity contribution is 7.21. The molecule has 0 amide bonds. The first kappa shape index (κ1) is 34.1. The first-order chi connectivity index (χ1) is 28.0. The molecule has 0 aliphatic carbocycles. The molecule has 0 radical (unpaired) electrons. The summed E-state index contributed by atoms with van der Waals surface area (Å²) >= 11 is 1.58. The maximum Gasteiger partial charge on any atom is 0.167 e. The monoisotopic (exact) mass is 755 g/mol. The maximum atomic E-state index is 8.27. The number of hydrogen-bond donors (Lipinski definition) is 2. The number of nitrogens with two attached hydrogens (primary N) is 1. The largest absolute Gasteiger partial charge is 0.456 e. The number of fused-ring (bicyclic) bond motifs is 7. The average molecular weight is 756 g/mol. The van der Waals surface area contributed by atoms with Crippen molar-refractivity contribution in [2.75, 3.05) is 5.73 Å². The molecule has 0 unspecified atom stereocenters. The number of benzene rings is 7. The number of anilines is 1. The number of para-hydroxylation sites is 2. The van der Waals surface area contributed by atoms with Gasteiger partial charge in [0.15, 0.2) is 17.5 Å². The molecule has 272 valence electrons. The van der Waals surface area contributed by atoms with Gasteiger partial charge in [-0.25, -0.2) is 15.0 Å². The number of nitrogens with zero attached hydrogens (tertiary/aromatic N) is 3. The fraction of sp³-hybridized carbons (Fsp3) is 0.0204. The summed E-state index contributed by atoms with van der Waals surface area (Å²) in [5, 5.41) is 13.5. The van der Waals surface area contributed by atoms with Gasteiger partial charge in [-0.15, -0.1) is 11.3 Å². The lowest BCUT2D eigenvalue weighted by Gasteiger charge is -2.09. The lowest BCUT2D eigenvalue weighted by molar-refractivity contribution is 0.668. The van der Waals surface area contributed by atoms with E-state index in [1.54, 1.807) is 11.3 Å². The van der Waals surface area contributed by atoms with Crippen molar-refractivity contribution < 1.29 is 8.83 Å². The molecule has 8 heteroatoms. The highest BCUT2D eigenvalue weighted by atomic mass is 32.1. The van der Waals surface area contributed by atoms with E-state index in [1.165, 1.54) is 0 Å². The number of furan rings is 2. The zero-order valence-electron chi connectivity index (χ0n) is 30.7. The molecule has 4 aromatic heterocycles. The van der Waals surface area contributed by atoms with Crippen LogP contribution < -0.4 is 5.73 Å². The second kappa shape index (κ2) is 14.0. The van der Waals surface area contributed by atoms with Gasteiger partial charge in [0.25, 0.3) is 0 Å². The summed E-state index contributed by atoms with van der Waals surface area (Å²) in [6.07, 6.45) is 0. The van der Waals surface area contributed by atoms with Gasteiger partial charge in [-0.2, -0.15) is 0 Å². The molecular formula is C49H33N5O2S. The van der Waals surface area contributed by atoms with E-state index in [-0.39, 0.29) is 0 Å². The first-order valence-corrected chi connectivity index (χ1v) is 19.4. The van der Waals surface area contributed by atoms with E-state index in [0.717, 1.165) is 86.7 Å². The van der Waals surface area contributed by atoms with Gasteiger partial charge in [-0.3, -0.25) is 5.41 Å². The van der Waals surface area contributed by atoms with Crippen molar-refractivity contribution in [3.63, 3.8) is 0 Å². The predicted molar refractivity (Wildman–Crippen MR) is 234 cm³/mol. The molecule has 11 rings (SSSR count). The molecule has 11 aromatic rings. The van der Waals surface area contributed by atoms with Crippen molar-refractivity contribution in [2.45, 2.75) is 6.92 Å². The van der Waals surface area contributed by atoms with Crippen molar-refractivity contribution in [1.29, 1.82) is 5.41 Å². The van der Waals surface area contributed by atoms with Crippen LogP contribution in [0.25, 0.3) is 88.1 Å². The van der Waals surface area contributed by atoms with Crippen LogP contribution in [-0.4, -0.2) is 20.7 Å². The molecule has 0 atom stereocenters. The Balaban J connectivity index is 0.000000184. The molecule has 7 nitrogen and oxygen atoms in total. The first-order valence-electron chi connectivity index (χ1n) is 18.6. The minimum absolute atomic E-state index is 0.495. The lowest BCUT2D eigenvalue weighted by Crippen LogP contribution is -2.01. The van der Waals surface area contributed by atoms with Crippen molar-refractivity contribution >= 4 is 76.7 Å². The SMILES string of the molecule is Cc1cccc2oc3cccc(-c4nc(-c5ccccc5)nc(-c5cccc6c5oc5ccccc56)n4)c3c12.N=C(c1ccccc1)c1sc2ccccc2c1N. The summed E-state index contributed by atoms with van der Waals surface area (Å²) in [6, 6.07) is 54.1. The lowest BCUT2D eigenvalue weighted by atomic mass is 10.0. The van der Waals surface area contributed by atoms with Crippen molar-refractivity contribution in [3.8, 4) is 34.2 Å². The van der Waals surface area contributed by atoms with Crippen LogP contribution in [-0.2, 0) is 0 Å². The number of aryl methyl sites for hydroxylation is 1. The van der Waals surface area contributed by atoms with Crippen LogP contribution in [0, 0.1) is 12.3 Å². The molecular weight excluding hydrogens is 723 g/mol. The van der Waals surface area contributed by atoms with Crippen LogP contribution >= 0.6 is 11.3 Å². The molecule has 7 aromatic carbocycles. The average Bonchev–Trinajstić information content (AvgIpc) is 3.96. The quantitative estimate of drug-likeness (QED) is 0.169. The minimum Gasteiger partial charge on any atom is -0.456 e. The molecule has 0 aliphatic rings. The third kappa shape index (κ3) is 6.00. The highest BCUT2D eigenvalue weighted by Crippen LogP contribution is 2.40. The van der Waals surface area contributed by atoms with E-state index in [9.17, 15) is 0 Å².